The molecule has 0 spiro atoms. The van der Waals surface area contributed by atoms with E-state index in [4.69, 9.17) is 4.74 Å². The average molecular weight is 296 g/mol. The quantitative estimate of drug-likeness (QED) is 0.725. The van der Waals surface area contributed by atoms with E-state index in [0.717, 1.165) is 0 Å². The van der Waals surface area contributed by atoms with E-state index in [9.17, 15) is 9.90 Å². The number of ether oxygens (including phenoxy) is 1. The third kappa shape index (κ3) is 2.51. The number of nitrogens with zero attached hydrogens (tertiary/aromatic N) is 3. The molecule has 2 heterocycles. The van der Waals surface area contributed by atoms with Crippen LogP contribution in [0.2, 0.25) is 0 Å². The van der Waals surface area contributed by atoms with Crippen LogP contribution in [0.1, 0.15) is 10.4 Å². The Hall–Kier alpha value is -3.22. The lowest BCUT2D eigenvalue weighted by atomic mass is 10.2. The molecule has 7 heteroatoms. The van der Waals surface area contributed by atoms with Gasteiger partial charge in [0.15, 0.2) is 5.69 Å². The summed E-state index contributed by atoms with van der Waals surface area (Å²) in [5.41, 5.74) is 1.18. The molecule has 0 unspecified atom stereocenters. The van der Waals surface area contributed by atoms with Gasteiger partial charge in [-0.2, -0.15) is 0 Å². The summed E-state index contributed by atoms with van der Waals surface area (Å²) in [5.74, 6) is -0.0859. The number of aromatic nitrogens is 2. The third-order valence-electron chi connectivity index (χ3n) is 3.11. The van der Waals surface area contributed by atoms with Gasteiger partial charge < -0.3 is 14.8 Å². The largest absolute Gasteiger partial charge is 0.497 e. The van der Waals surface area contributed by atoms with Crippen LogP contribution in [0.4, 0.5) is 5.69 Å². The molecule has 0 saturated carbocycles. The van der Waals surface area contributed by atoms with E-state index in [1.165, 1.54) is 6.20 Å². The minimum Gasteiger partial charge on any atom is -0.497 e. The number of amides is 1. The van der Waals surface area contributed by atoms with Crippen molar-refractivity contribution in [1.29, 1.82) is 0 Å². The molecule has 2 aromatic heterocycles. The summed E-state index contributed by atoms with van der Waals surface area (Å²) in [5, 5.41) is 18.0. The number of benzene rings is 1. The van der Waals surface area contributed by atoms with Crippen molar-refractivity contribution in [3.63, 3.8) is 0 Å². The highest BCUT2D eigenvalue weighted by Crippen LogP contribution is 2.37. The van der Waals surface area contributed by atoms with Crippen molar-refractivity contribution in [3.8, 4) is 11.6 Å². The highest BCUT2D eigenvalue weighted by molar-refractivity contribution is 5.97. The number of aromatic hydroxyl groups is 1. The number of azo groups is 1. The first kappa shape index (κ1) is 13.7. The van der Waals surface area contributed by atoms with E-state index in [0.29, 0.717) is 22.2 Å². The number of pyridine rings is 1. The van der Waals surface area contributed by atoms with Gasteiger partial charge in [-0.25, -0.2) is 0 Å². The average Bonchev–Trinajstić information content (AvgIpc) is 2.87. The fourth-order valence-corrected chi connectivity index (χ4v) is 2.01. The predicted octanol–water partition coefficient (Wildman–Crippen LogP) is 3.20. The van der Waals surface area contributed by atoms with Crippen molar-refractivity contribution in [2.75, 3.05) is 7.11 Å². The Kier molecular flexibility index (Phi) is 3.53. The van der Waals surface area contributed by atoms with Crippen molar-refractivity contribution in [3.05, 3.63) is 48.3 Å². The maximum atomic E-state index is 11.9. The minimum atomic E-state index is -0.537. The van der Waals surface area contributed by atoms with Crippen LogP contribution in [0.25, 0.3) is 10.9 Å². The second-order valence-electron chi connectivity index (χ2n) is 4.48. The van der Waals surface area contributed by atoms with Crippen molar-refractivity contribution in [2.45, 2.75) is 0 Å². The summed E-state index contributed by atoms with van der Waals surface area (Å²) in [6.45, 7) is 0. The Morgan fingerprint density at radius 2 is 2.23 bits per heavy atom. The topological polar surface area (TPSA) is 99.9 Å². The van der Waals surface area contributed by atoms with Gasteiger partial charge in [0.05, 0.1) is 18.2 Å². The third-order valence-corrected chi connectivity index (χ3v) is 3.11. The summed E-state index contributed by atoms with van der Waals surface area (Å²) in [6.07, 6.45) is 2.96. The van der Waals surface area contributed by atoms with Gasteiger partial charge in [-0.05, 0) is 30.3 Å². The number of rotatable bonds is 3. The van der Waals surface area contributed by atoms with Crippen LogP contribution in [-0.2, 0) is 0 Å². The first-order valence-corrected chi connectivity index (χ1v) is 6.44. The monoisotopic (exact) mass is 296 g/mol. The second-order valence-corrected chi connectivity index (χ2v) is 4.48. The molecule has 0 aliphatic carbocycles. The van der Waals surface area contributed by atoms with Crippen LogP contribution in [0.15, 0.2) is 53.0 Å². The summed E-state index contributed by atoms with van der Waals surface area (Å²) in [7, 11) is 1.54. The fraction of sp³-hybridized carbons (Fsp3) is 0.0667. The van der Waals surface area contributed by atoms with E-state index in [1.54, 1.807) is 43.6 Å². The Bertz CT molecular complexity index is 856. The minimum absolute atomic E-state index is 0.161. The van der Waals surface area contributed by atoms with Crippen molar-refractivity contribution in [1.82, 2.24) is 9.97 Å². The van der Waals surface area contributed by atoms with Gasteiger partial charge in [-0.15, -0.1) is 10.2 Å². The second kappa shape index (κ2) is 5.65. The maximum Gasteiger partial charge on any atom is 0.296 e. The van der Waals surface area contributed by atoms with Gasteiger partial charge in [-0.1, -0.05) is 0 Å². The SMILES string of the molecule is COc1ccc2[nH]c(O)c(N=NC(=O)c3cccnc3)c2c1. The molecular weight excluding hydrogens is 284 g/mol. The Labute approximate surface area is 125 Å². The molecule has 0 atom stereocenters. The van der Waals surface area contributed by atoms with Crippen molar-refractivity contribution >= 4 is 22.5 Å². The molecule has 3 rings (SSSR count). The van der Waals surface area contributed by atoms with Crippen LogP contribution in [-0.4, -0.2) is 28.1 Å². The Morgan fingerprint density at radius 1 is 1.36 bits per heavy atom. The van der Waals surface area contributed by atoms with E-state index < -0.39 is 5.91 Å². The number of H-pyrrole nitrogens is 1. The number of methoxy groups -OCH3 is 1. The van der Waals surface area contributed by atoms with Gasteiger partial charge in [-0.3, -0.25) is 9.78 Å². The summed E-state index contributed by atoms with van der Waals surface area (Å²) in [4.78, 5) is 18.5. The highest BCUT2D eigenvalue weighted by Gasteiger charge is 2.12. The van der Waals surface area contributed by atoms with Gasteiger partial charge >= 0.3 is 0 Å². The standard InChI is InChI=1S/C15H12N4O3/c1-22-10-4-5-12-11(7-10)13(15(21)17-12)18-19-14(20)9-3-2-6-16-8-9/h2-8,17,21H,1H3. The number of hydrogen-bond acceptors (Lipinski definition) is 5. The van der Waals surface area contributed by atoms with Crippen LogP contribution in [0, 0.1) is 0 Å². The summed E-state index contributed by atoms with van der Waals surface area (Å²) in [6, 6.07) is 8.42. The van der Waals surface area contributed by atoms with E-state index in [2.05, 4.69) is 20.2 Å². The number of fused-ring (bicyclic) bond motifs is 1. The van der Waals surface area contributed by atoms with Gasteiger partial charge in [0.25, 0.3) is 5.91 Å². The molecule has 1 aromatic carbocycles. The number of nitrogens with one attached hydrogen (secondary N) is 1. The molecule has 0 radical (unpaired) electrons. The fourth-order valence-electron chi connectivity index (χ4n) is 2.01. The molecule has 2 N–H and O–H groups in total. The number of aromatic amines is 1. The Balaban J connectivity index is 1.98. The molecule has 0 aliphatic heterocycles. The van der Waals surface area contributed by atoms with E-state index >= 15 is 0 Å². The molecule has 0 bridgehead atoms. The first-order valence-electron chi connectivity index (χ1n) is 6.44. The van der Waals surface area contributed by atoms with Crippen molar-refractivity contribution in [2.24, 2.45) is 10.2 Å². The zero-order valence-electron chi connectivity index (χ0n) is 11.6. The molecule has 1 amide bonds. The van der Waals surface area contributed by atoms with E-state index in [-0.39, 0.29) is 11.6 Å². The molecule has 0 fully saturated rings. The lowest BCUT2D eigenvalue weighted by Gasteiger charge is -1.98. The van der Waals surface area contributed by atoms with Gasteiger partial charge in [0, 0.05) is 17.8 Å². The summed E-state index contributed by atoms with van der Waals surface area (Å²) < 4.78 is 5.14. The zero-order chi connectivity index (χ0) is 15.5. The number of carbonyl (C=O) groups is 1. The summed E-state index contributed by atoms with van der Waals surface area (Å²) >= 11 is 0. The molecule has 7 nitrogen and oxygen atoms in total. The van der Waals surface area contributed by atoms with E-state index in [1.807, 2.05) is 0 Å². The van der Waals surface area contributed by atoms with Crippen LogP contribution in [0.5, 0.6) is 11.6 Å². The molecular formula is C15H12N4O3. The molecule has 110 valence electrons. The van der Waals surface area contributed by atoms with Crippen LogP contribution in [0.3, 0.4) is 0 Å². The lowest BCUT2D eigenvalue weighted by molar-refractivity contribution is 0.0994. The normalized spacial score (nSPS) is 11.1. The molecule has 3 aromatic rings. The number of carbonyl (C=O) groups excluding carboxylic acids is 1. The van der Waals surface area contributed by atoms with Gasteiger partial charge in [0.1, 0.15) is 5.75 Å². The highest BCUT2D eigenvalue weighted by atomic mass is 16.5. The smallest absolute Gasteiger partial charge is 0.296 e. The molecule has 0 aliphatic rings. The predicted molar refractivity (Wildman–Crippen MR) is 79.6 cm³/mol. The first-order chi connectivity index (χ1) is 10.7. The Morgan fingerprint density at radius 3 is 2.95 bits per heavy atom. The zero-order valence-corrected chi connectivity index (χ0v) is 11.6. The number of hydrogen-bond donors (Lipinski definition) is 2. The van der Waals surface area contributed by atoms with Gasteiger partial charge in [0.2, 0.25) is 5.88 Å². The lowest BCUT2D eigenvalue weighted by Crippen LogP contribution is -1.93. The maximum absolute atomic E-state index is 11.9. The van der Waals surface area contributed by atoms with Crippen molar-refractivity contribution < 1.29 is 14.6 Å². The van der Waals surface area contributed by atoms with Crippen LogP contribution < -0.4 is 4.74 Å². The molecule has 0 saturated heterocycles. The molecule has 22 heavy (non-hydrogen) atoms. The van der Waals surface area contributed by atoms with Crippen LogP contribution >= 0.6 is 0 Å².